The van der Waals surface area contributed by atoms with E-state index in [0.29, 0.717) is 16.8 Å². The summed E-state index contributed by atoms with van der Waals surface area (Å²) in [7, 11) is 2.42. The Bertz CT molecular complexity index is 1350. The van der Waals surface area contributed by atoms with Crippen molar-refractivity contribution in [3.63, 3.8) is 0 Å². The lowest BCUT2D eigenvalue weighted by molar-refractivity contribution is 0.0549. The Hall–Kier alpha value is -4.53. The zero-order valence-electron chi connectivity index (χ0n) is 18.8. The second kappa shape index (κ2) is 10.2. The van der Waals surface area contributed by atoms with Gasteiger partial charge in [0.25, 0.3) is 0 Å². The molecule has 1 heterocycles. The van der Waals surface area contributed by atoms with E-state index < -0.39 is 23.6 Å². The third-order valence-corrected chi connectivity index (χ3v) is 5.12. The van der Waals surface area contributed by atoms with Crippen molar-refractivity contribution in [2.24, 2.45) is 0 Å². The molecule has 0 spiro atoms. The van der Waals surface area contributed by atoms with E-state index in [-0.39, 0.29) is 29.3 Å². The van der Waals surface area contributed by atoms with Gasteiger partial charge < -0.3 is 14.2 Å². The van der Waals surface area contributed by atoms with Crippen LogP contribution in [0.15, 0.2) is 72.8 Å². The van der Waals surface area contributed by atoms with Gasteiger partial charge in [-0.05, 0) is 17.7 Å². The number of nitrogens with zero attached hydrogens (tertiary/aromatic N) is 2. The molecule has 0 amide bonds. The molecule has 0 aliphatic rings. The first-order chi connectivity index (χ1) is 16.9. The predicted molar refractivity (Wildman–Crippen MR) is 122 cm³/mol. The molecule has 1 aromatic heterocycles. The molecule has 0 aliphatic heterocycles. The third kappa shape index (κ3) is 5.03. The van der Waals surface area contributed by atoms with Crippen LogP contribution in [0.1, 0.15) is 26.4 Å². The van der Waals surface area contributed by atoms with Crippen LogP contribution in [-0.4, -0.2) is 35.9 Å². The normalized spacial score (nSPS) is 10.6. The average Bonchev–Trinajstić information content (AvgIpc) is 3.27. The molecule has 4 aromatic rings. The average molecular weight is 478 g/mol. The summed E-state index contributed by atoms with van der Waals surface area (Å²) >= 11 is 0. The van der Waals surface area contributed by atoms with E-state index in [0.717, 1.165) is 18.2 Å². The number of hydrogen-bond donors (Lipinski definition) is 0. The summed E-state index contributed by atoms with van der Waals surface area (Å²) < 4.78 is 43.4. The molecule has 7 nitrogen and oxygen atoms in total. The molecule has 0 radical (unpaired) electrons. The number of carbonyl (C=O) groups excluding carboxylic acids is 2. The summed E-state index contributed by atoms with van der Waals surface area (Å²) in [5.41, 5.74) is 1.90. The fourth-order valence-electron chi connectivity index (χ4n) is 3.49. The molecule has 0 bridgehead atoms. The summed E-state index contributed by atoms with van der Waals surface area (Å²) in [4.78, 5) is 25.4. The lowest BCUT2D eigenvalue weighted by Crippen LogP contribution is -2.15. The molecule has 9 heteroatoms. The topological polar surface area (TPSA) is 79.7 Å². The predicted octanol–water partition coefficient (Wildman–Crippen LogP) is 4.97. The maximum atomic E-state index is 13.4. The van der Waals surface area contributed by atoms with Crippen LogP contribution in [0.3, 0.4) is 0 Å². The van der Waals surface area contributed by atoms with Crippen LogP contribution in [0.2, 0.25) is 0 Å². The molecule has 0 N–H and O–H groups in total. The van der Waals surface area contributed by atoms with Crippen LogP contribution in [0.5, 0.6) is 5.75 Å². The van der Waals surface area contributed by atoms with Crippen LogP contribution < -0.4 is 4.74 Å². The third-order valence-electron chi connectivity index (χ3n) is 5.12. The second-order valence-corrected chi connectivity index (χ2v) is 7.39. The lowest BCUT2D eigenvalue weighted by Gasteiger charge is -2.08. The quantitative estimate of drug-likeness (QED) is 0.349. The first-order valence-corrected chi connectivity index (χ1v) is 10.4. The summed E-state index contributed by atoms with van der Waals surface area (Å²) in [6, 6.07) is 18.6. The molecule has 0 atom stereocenters. The van der Waals surface area contributed by atoms with Crippen molar-refractivity contribution in [3.05, 3.63) is 101 Å². The summed E-state index contributed by atoms with van der Waals surface area (Å²) in [6.45, 7) is 0.0545. The van der Waals surface area contributed by atoms with Crippen molar-refractivity contribution in [1.82, 2.24) is 9.78 Å². The second-order valence-electron chi connectivity index (χ2n) is 7.39. The molecule has 0 aliphatic carbocycles. The highest BCUT2D eigenvalue weighted by Gasteiger charge is 2.31. The van der Waals surface area contributed by atoms with Crippen LogP contribution in [0.4, 0.5) is 8.78 Å². The van der Waals surface area contributed by atoms with Crippen molar-refractivity contribution < 1.29 is 32.6 Å². The highest BCUT2D eigenvalue weighted by molar-refractivity contribution is 6.06. The lowest BCUT2D eigenvalue weighted by atomic mass is 10.0. The van der Waals surface area contributed by atoms with Crippen LogP contribution in [-0.2, 0) is 16.1 Å². The van der Waals surface area contributed by atoms with Crippen molar-refractivity contribution in [1.29, 1.82) is 0 Å². The zero-order valence-corrected chi connectivity index (χ0v) is 18.8. The Kier molecular flexibility index (Phi) is 6.86. The SMILES string of the molecule is COC(=O)c1c(-c2ccc(COc3cc(F)cc(F)c3)cc2)nn(-c2ccccc2)c1C(=O)OC. The van der Waals surface area contributed by atoms with E-state index in [1.807, 2.05) is 6.07 Å². The van der Waals surface area contributed by atoms with Crippen molar-refractivity contribution in [2.75, 3.05) is 14.2 Å². The molecule has 4 rings (SSSR count). The summed E-state index contributed by atoms with van der Waals surface area (Å²) in [6.07, 6.45) is 0. The van der Waals surface area contributed by atoms with E-state index in [1.54, 1.807) is 48.5 Å². The van der Waals surface area contributed by atoms with Gasteiger partial charge in [-0.3, -0.25) is 0 Å². The van der Waals surface area contributed by atoms with Gasteiger partial charge in [-0.15, -0.1) is 0 Å². The number of ether oxygens (including phenoxy) is 3. The van der Waals surface area contributed by atoms with Gasteiger partial charge in [-0.25, -0.2) is 23.1 Å². The van der Waals surface area contributed by atoms with Crippen LogP contribution >= 0.6 is 0 Å². The summed E-state index contributed by atoms with van der Waals surface area (Å²) in [5, 5.41) is 4.53. The van der Waals surface area contributed by atoms with Gasteiger partial charge in [-0.2, -0.15) is 5.10 Å². The minimum absolute atomic E-state index is 0.0394. The van der Waals surface area contributed by atoms with E-state index in [1.165, 1.54) is 18.9 Å². The zero-order chi connectivity index (χ0) is 24.9. The molecule has 0 saturated heterocycles. The maximum Gasteiger partial charge on any atom is 0.357 e. The van der Waals surface area contributed by atoms with E-state index in [2.05, 4.69) is 5.10 Å². The number of hydrogen-bond acceptors (Lipinski definition) is 6. The number of esters is 2. The van der Waals surface area contributed by atoms with Crippen molar-refractivity contribution in [2.45, 2.75) is 6.61 Å². The molecular weight excluding hydrogens is 458 g/mol. The Morgan fingerprint density at radius 2 is 1.49 bits per heavy atom. The number of halogens is 2. The minimum Gasteiger partial charge on any atom is -0.489 e. The van der Waals surface area contributed by atoms with Crippen LogP contribution in [0, 0.1) is 11.6 Å². The molecule has 178 valence electrons. The Morgan fingerprint density at radius 1 is 0.857 bits per heavy atom. The molecule has 35 heavy (non-hydrogen) atoms. The maximum absolute atomic E-state index is 13.4. The molecule has 0 unspecified atom stereocenters. The van der Waals surface area contributed by atoms with Gasteiger partial charge in [0.1, 0.15) is 35.2 Å². The van der Waals surface area contributed by atoms with E-state index >= 15 is 0 Å². The first-order valence-electron chi connectivity index (χ1n) is 10.4. The molecule has 0 saturated carbocycles. The minimum atomic E-state index is -0.750. The van der Waals surface area contributed by atoms with Gasteiger partial charge in [-0.1, -0.05) is 42.5 Å². The molecule has 0 fully saturated rings. The Morgan fingerprint density at radius 3 is 2.09 bits per heavy atom. The fraction of sp³-hybridized carbons (Fsp3) is 0.115. The van der Waals surface area contributed by atoms with Crippen LogP contribution in [0.25, 0.3) is 16.9 Å². The van der Waals surface area contributed by atoms with Gasteiger partial charge in [0, 0.05) is 23.8 Å². The first kappa shape index (κ1) is 23.6. The van der Waals surface area contributed by atoms with Gasteiger partial charge in [0.2, 0.25) is 0 Å². The smallest absolute Gasteiger partial charge is 0.357 e. The van der Waals surface area contributed by atoms with Gasteiger partial charge in [0.05, 0.1) is 19.9 Å². The Labute approximate surface area is 199 Å². The van der Waals surface area contributed by atoms with Gasteiger partial charge in [0.15, 0.2) is 5.69 Å². The van der Waals surface area contributed by atoms with E-state index in [4.69, 9.17) is 14.2 Å². The largest absolute Gasteiger partial charge is 0.489 e. The highest BCUT2D eigenvalue weighted by Crippen LogP contribution is 2.29. The highest BCUT2D eigenvalue weighted by atomic mass is 19.1. The number of para-hydroxylation sites is 1. The standard InChI is InChI=1S/C26H20F2N2O5/c1-33-25(31)22-23(29-30(24(22)26(32)34-2)20-6-4-3-5-7-20)17-10-8-16(9-11-17)15-35-21-13-18(27)12-19(28)14-21/h3-14H,15H2,1-2H3. The molecule has 3 aromatic carbocycles. The monoisotopic (exact) mass is 478 g/mol. The summed E-state index contributed by atoms with van der Waals surface area (Å²) in [5.74, 6) is -2.91. The Balaban J connectivity index is 1.71. The number of methoxy groups -OCH3 is 2. The number of benzene rings is 3. The van der Waals surface area contributed by atoms with Crippen molar-refractivity contribution >= 4 is 11.9 Å². The van der Waals surface area contributed by atoms with Crippen molar-refractivity contribution in [3.8, 4) is 22.7 Å². The van der Waals surface area contributed by atoms with Gasteiger partial charge >= 0.3 is 11.9 Å². The fourth-order valence-corrected chi connectivity index (χ4v) is 3.49. The number of carbonyl (C=O) groups is 2. The number of aromatic nitrogens is 2. The number of rotatable bonds is 7. The molecular formula is C26H20F2N2O5. The van der Waals surface area contributed by atoms with E-state index in [9.17, 15) is 18.4 Å².